The van der Waals surface area contributed by atoms with Gasteiger partial charge < -0.3 is 39.4 Å². The molecule has 2 aromatic carbocycles. The van der Waals surface area contributed by atoms with Gasteiger partial charge in [0.05, 0.1) is 48.6 Å². The van der Waals surface area contributed by atoms with Crippen molar-refractivity contribution < 1.29 is 47.7 Å². The summed E-state index contributed by atoms with van der Waals surface area (Å²) in [6.45, 7) is 3.37. The fourth-order valence-electron chi connectivity index (χ4n) is 5.79. The lowest BCUT2D eigenvalue weighted by atomic mass is 10.2. The first kappa shape index (κ1) is 36.6. The molecule has 2 atom stereocenters. The molecule has 4 aliphatic rings. The van der Waals surface area contributed by atoms with Crippen LogP contribution in [0.1, 0.15) is 9.67 Å². The zero-order valence-corrected chi connectivity index (χ0v) is 29.3. The van der Waals surface area contributed by atoms with Crippen LogP contribution in [0.25, 0.3) is 0 Å². The number of hydrogen-bond acceptors (Lipinski definition) is 11. The Balaban J connectivity index is 0.000000183. The Labute approximate surface area is 307 Å². The number of morpholine rings is 2. The van der Waals surface area contributed by atoms with Crippen molar-refractivity contribution in [1.29, 1.82) is 0 Å². The zero-order valence-electron chi connectivity index (χ0n) is 27.7. The molecule has 18 heteroatoms. The standard InChI is InChI=1S/C19H18ClN3O5S.C15H17N3O5/c20-16-6-5-15(29-16)18(25)21-9-14-10-23(19(26)28-14)13-3-1-12(2-4-13)22-7-8-27-11-17(22)24;19-10-16-7-13-8-18(15(21)23-13)12-3-1-11(2-4-12)17-5-6-22-9-14(17)20/h1-6,14H,7-11H2,(H,21,25);1-4,10,13H,5-9H2,(H,16,19)/t14-;13-/m00/s1. The minimum atomic E-state index is -0.474. The number of ether oxygens (including phenoxy) is 4. The van der Waals surface area contributed by atoms with Crippen molar-refractivity contribution in [3.05, 3.63) is 69.9 Å². The summed E-state index contributed by atoms with van der Waals surface area (Å²) in [5, 5.41) is 5.26. The topological polar surface area (TPSA) is 176 Å². The molecule has 274 valence electrons. The zero-order chi connectivity index (χ0) is 36.6. The second kappa shape index (κ2) is 16.9. The molecule has 0 unspecified atom stereocenters. The van der Waals surface area contributed by atoms with Crippen LogP contribution in [0.4, 0.5) is 32.3 Å². The number of nitrogens with zero attached hydrogens (tertiary/aromatic N) is 4. The van der Waals surface area contributed by atoms with Crippen LogP contribution in [0.5, 0.6) is 0 Å². The number of rotatable bonds is 10. The van der Waals surface area contributed by atoms with Crippen LogP contribution in [-0.2, 0) is 33.3 Å². The van der Waals surface area contributed by atoms with E-state index >= 15 is 0 Å². The van der Waals surface area contributed by atoms with Gasteiger partial charge in [-0.15, -0.1) is 11.3 Å². The van der Waals surface area contributed by atoms with Crippen molar-refractivity contribution in [3.8, 4) is 0 Å². The lowest BCUT2D eigenvalue weighted by Crippen LogP contribution is -2.41. The second-order valence-electron chi connectivity index (χ2n) is 11.8. The van der Waals surface area contributed by atoms with Crippen LogP contribution in [-0.4, -0.2) is 114 Å². The van der Waals surface area contributed by atoms with Gasteiger partial charge in [-0.1, -0.05) is 11.6 Å². The minimum absolute atomic E-state index is 0.0747. The lowest BCUT2D eigenvalue weighted by Gasteiger charge is -2.27. The predicted octanol–water partition coefficient (Wildman–Crippen LogP) is 2.64. The monoisotopic (exact) mass is 754 g/mol. The van der Waals surface area contributed by atoms with E-state index in [9.17, 15) is 28.8 Å². The highest BCUT2D eigenvalue weighted by atomic mass is 35.5. The van der Waals surface area contributed by atoms with Gasteiger partial charge in [-0.05, 0) is 60.7 Å². The summed E-state index contributed by atoms with van der Waals surface area (Å²) in [5.41, 5.74) is 2.88. The molecule has 4 aliphatic heterocycles. The van der Waals surface area contributed by atoms with E-state index < -0.39 is 18.3 Å². The first-order valence-corrected chi connectivity index (χ1v) is 17.5. The third-order valence-corrected chi connectivity index (χ3v) is 9.61. The molecule has 7 rings (SSSR count). The molecule has 0 spiro atoms. The number of nitrogens with one attached hydrogen (secondary N) is 2. The molecule has 3 aromatic rings. The van der Waals surface area contributed by atoms with Crippen LogP contribution in [0.3, 0.4) is 0 Å². The number of cyclic esters (lactones) is 2. The Morgan fingerprint density at radius 3 is 1.60 bits per heavy atom. The highest BCUT2D eigenvalue weighted by Gasteiger charge is 2.34. The molecule has 2 N–H and O–H groups in total. The predicted molar refractivity (Wildman–Crippen MR) is 190 cm³/mol. The van der Waals surface area contributed by atoms with Crippen molar-refractivity contribution in [2.24, 2.45) is 0 Å². The van der Waals surface area contributed by atoms with Crippen molar-refractivity contribution in [1.82, 2.24) is 10.6 Å². The molecule has 0 radical (unpaired) electrons. The van der Waals surface area contributed by atoms with Gasteiger partial charge in [0.25, 0.3) is 17.7 Å². The largest absolute Gasteiger partial charge is 0.442 e. The molecule has 0 bridgehead atoms. The average Bonchev–Trinajstić information content (AvgIpc) is 3.88. The minimum Gasteiger partial charge on any atom is -0.442 e. The van der Waals surface area contributed by atoms with E-state index in [1.54, 1.807) is 70.5 Å². The fourth-order valence-corrected chi connectivity index (χ4v) is 6.75. The molecule has 16 nitrogen and oxygen atoms in total. The molecule has 1 aromatic heterocycles. The summed E-state index contributed by atoms with van der Waals surface area (Å²) in [4.78, 5) is 77.1. The number of benzene rings is 2. The summed E-state index contributed by atoms with van der Waals surface area (Å²) in [7, 11) is 0. The first-order valence-electron chi connectivity index (χ1n) is 16.3. The fraction of sp³-hybridized carbons (Fsp3) is 0.353. The van der Waals surface area contributed by atoms with Crippen molar-refractivity contribution in [2.75, 3.05) is 85.3 Å². The van der Waals surface area contributed by atoms with E-state index in [2.05, 4.69) is 10.6 Å². The number of carbonyl (C=O) groups excluding carboxylic acids is 6. The Morgan fingerprint density at radius 1 is 0.712 bits per heavy atom. The summed E-state index contributed by atoms with van der Waals surface area (Å²) in [5.74, 6) is -0.423. The van der Waals surface area contributed by atoms with Gasteiger partial charge >= 0.3 is 12.2 Å². The number of carbonyl (C=O) groups is 6. The maximum atomic E-state index is 12.2. The van der Waals surface area contributed by atoms with Crippen LogP contribution < -0.4 is 30.2 Å². The van der Waals surface area contributed by atoms with Gasteiger partial charge in [0.1, 0.15) is 25.4 Å². The number of thiophene rings is 1. The molecule has 4 fully saturated rings. The first-order chi connectivity index (χ1) is 25.2. The molecule has 6 amide bonds. The molecular formula is C34H35ClN6O10S. The number of amides is 6. The third kappa shape index (κ3) is 8.79. The number of halogens is 1. The number of anilines is 4. The van der Waals surface area contributed by atoms with Crippen LogP contribution >= 0.6 is 22.9 Å². The van der Waals surface area contributed by atoms with Crippen LogP contribution in [0, 0.1) is 0 Å². The van der Waals surface area contributed by atoms with Gasteiger partial charge in [0.15, 0.2) is 0 Å². The lowest BCUT2D eigenvalue weighted by molar-refractivity contribution is -0.126. The highest BCUT2D eigenvalue weighted by Crippen LogP contribution is 2.27. The van der Waals surface area contributed by atoms with Crippen molar-refractivity contribution in [3.63, 3.8) is 0 Å². The molecule has 0 aliphatic carbocycles. The highest BCUT2D eigenvalue weighted by molar-refractivity contribution is 7.18. The smallest absolute Gasteiger partial charge is 0.414 e. The summed E-state index contributed by atoms with van der Waals surface area (Å²) in [6.07, 6.45) is -1.17. The van der Waals surface area contributed by atoms with Gasteiger partial charge in [0, 0.05) is 35.8 Å². The summed E-state index contributed by atoms with van der Waals surface area (Å²) < 4.78 is 21.3. The molecule has 52 heavy (non-hydrogen) atoms. The van der Waals surface area contributed by atoms with E-state index in [4.69, 9.17) is 30.5 Å². The van der Waals surface area contributed by atoms with Crippen molar-refractivity contribution >= 4 is 82.0 Å². The maximum absolute atomic E-state index is 12.2. The molecule has 5 heterocycles. The summed E-state index contributed by atoms with van der Waals surface area (Å²) >= 11 is 7.03. The van der Waals surface area contributed by atoms with Gasteiger partial charge in [-0.2, -0.15) is 0 Å². The quantitative estimate of drug-likeness (QED) is 0.293. The van der Waals surface area contributed by atoms with E-state index in [1.165, 1.54) is 21.1 Å². The Bertz CT molecular complexity index is 1790. The van der Waals surface area contributed by atoms with E-state index in [-0.39, 0.29) is 50.1 Å². The van der Waals surface area contributed by atoms with E-state index in [0.29, 0.717) is 66.4 Å². The third-order valence-electron chi connectivity index (χ3n) is 8.38. The van der Waals surface area contributed by atoms with E-state index in [1.807, 2.05) is 0 Å². The Kier molecular flexibility index (Phi) is 11.9. The Hall–Kier alpha value is -5.23. The molecule has 4 saturated heterocycles. The SMILES string of the molecule is O=C(NC[C@H]1CN(c2ccc(N3CCOCC3=O)cc2)C(=O)O1)c1ccc(Cl)s1.O=CNC[C@H]1CN(c2ccc(N3CCOCC3=O)cc2)C(=O)O1. The maximum Gasteiger partial charge on any atom is 0.414 e. The molecular weight excluding hydrogens is 720 g/mol. The van der Waals surface area contributed by atoms with Gasteiger partial charge in [-0.25, -0.2) is 9.59 Å². The van der Waals surface area contributed by atoms with Crippen LogP contribution in [0.15, 0.2) is 60.7 Å². The van der Waals surface area contributed by atoms with Gasteiger partial charge in [-0.3, -0.25) is 29.0 Å². The average molecular weight is 755 g/mol. The number of hydrogen-bond donors (Lipinski definition) is 2. The normalized spacial score (nSPS) is 20.2. The second-order valence-corrected chi connectivity index (χ2v) is 13.5. The molecule has 0 saturated carbocycles. The van der Waals surface area contributed by atoms with Gasteiger partial charge in [0.2, 0.25) is 6.41 Å². The van der Waals surface area contributed by atoms with Crippen LogP contribution in [0.2, 0.25) is 4.34 Å². The summed E-state index contributed by atoms with van der Waals surface area (Å²) in [6, 6.07) is 17.6. The Morgan fingerprint density at radius 2 is 1.17 bits per heavy atom. The van der Waals surface area contributed by atoms with Crippen molar-refractivity contribution in [2.45, 2.75) is 12.2 Å². The van der Waals surface area contributed by atoms with E-state index in [0.717, 1.165) is 11.4 Å².